The molecule has 1 aliphatic rings. The number of hydrogen-bond acceptors (Lipinski definition) is 5. The van der Waals surface area contributed by atoms with E-state index in [0.29, 0.717) is 18.3 Å². The van der Waals surface area contributed by atoms with Gasteiger partial charge in [0.2, 0.25) is 11.8 Å². The average Bonchev–Trinajstić information content (AvgIpc) is 3.03. The van der Waals surface area contributed by atoms with Gasteiger partial charge in [0.25, 0.3) is 0 Å². The molecule has 0 spiro atoms. The molecule has 1 N–H and O–H groups in total. The molecular weight excluding hydrogens is 254 g/mol. The minimum atomic E-state index is 0.0273. The molecule has 0 amide bonds. The lowest BCUT2D eigenvalue weighted by atomic mass is 10.1. The molecule has 106 valence electrons. The maximum Gasteiger partial charge on any atom is 0.247 e. The van der Waals surface area contributed by atoms with Crippen molar-refractivity contribution in [1.29, 1.82) is 0 Å². The molecule has 5 heteroatoms. The molecule has 0 unspecified atom stereocenters. The molecule has 0 radical (unpaired) electrons. The third-order valence-corrected chi connectivity index (χ3v) is 3.17. The van der Waals surface area contributed by atoms with E-state index in [9.17, 15) is 0 Å². The van der Waals surface area contributed by atoms with Crippen molar-refractivity contribution in [3.63, 3.8) is 0 Å². The predicted octanol–water partition coefficient (Wildman–Crippen LogP) is 2.56. The maximum absolute atomic E-state index is 5.70. The fourth-order valence-electron chi connectivity index (χ4n) is 2.10. The van der Waals surface area contributed by atoms with Gasteiger partial charge in [0.15, 0.2) is 0 Å². The summed E-state index contributed by atoms with van der Waals surface area (Å²) in [5.74, 6) is 2.12. The summed E-state index contributed by atoms with van der Waals surface area (Å²) in [5.41, 5.74) is 2.18. The van der Waals surface area contributed by atoms with Crippen LogP contribution in [0.4, 0.5) is 0 Å². The first-order valence-electron chi connectivity index (χ1n) is 6.85. The Morgan fingerprint density at radius 2 is 2.10 bits per heavy atom. The first-order chi connectivity index (χ1) is 9.51. The van der Waals surface area contributed by atoms with Crippen molar-refractivity contribution in [2.45, 2.75) is 39.3 Å². The van der Waals surface area contributed by atoms with E-state index in [0.717, 1.165) is 24.3 Å². The summed E-state index contributed by atoms with van der Waals surface area (Å²) >= 11 is 0. The monoisotopic (exact) mass is 273 g/mol. The summed E-state index contributed by atoms with van der Waals surface area (Å²) in [6.07, 6.45) is 0.940. The van der Waals surface area contributed by atoms with Crippen molar-refractivity contribution in [1.82, 2.24) is 15.5 Å². The number of benzene rings is 1. The fraction of sp³-hybridized carbons (Fsp3) is 0.467. The van der Waals surface area contributed by atoms with Crippen molar-refractivity contribution in [2.24, 2.45) is 0 Å². The number of nitrogens with one attached hydrogen (secondary N) is 1. The third kappa shape index (κ3) is 2.82. The number of hydrogen-bond donors (Lipinski definition) is 1. The molecule has 0 saturated heterocycles. The number of fused-ring (bicyclic) bond motifs is 1. The zero-order chi connectivity index (χ0) is 14.2. The Kier molecular flexibility index (Phi) is 3.22. The highest BCUT2D eigenvalue weighted by Gasteiger charge is 2.16. The zero-order valence-electron chi connectivity index (χ0n) is 12.1. The molecular formula is C15H19N3O2. The molecule has 0 atom stereocenters. The van der Waals surface area contributed by atoms with Crippen LogP contribution in [0.2, 0.25) is 0 Å². The fourth-order valence-corrected chi connectivity index (χ4v) is 2.10. The maximum atomic E-state index is 5.70. The second kappa shape index (κ2) is 4.90. The Balaban J connectivity index is 1.76. The Hall–Kier alpha value is -1.88. The molecule has 20 heavy (non-hydrogen) atoms. The van der Waals surface area contributed by atoms with E-state index < -0.39 is 0 Å². The van der Waals surface area contributed by atoms with E-state index in [2.05, 4.69) is 42.4 Å². The minimum absolute atomic E-state index is 0.0273. The Bertz CT molecular complexity index is 614. The normalized spacial score (nSPS) is 14.2. The largest absolute Gasteiger partial charge is 0.493 e. The van der Waals surface area contributed by atoms with Gasteiger partial charge in [-0.1, -0.05) is 0 Å². The van der Waals surface area contributed by atoms with E-state index in [-0.39, 0.29) is 5.54 Å². The highest BCUT2D eigenvalue weighted by atomic mass is 16.5. The highest BCUT2D eigenvalue weighted by molar-refractivity contribution is 5.57. The van der Waals surface area contributed by atoms with Gasteiger partial charge in [-0.15, -0.1) is 10.2 Å². The molecule has 3 rings (SSSR count). The van der Waals surface area contributed by atoms with Crippen LogP contribution in [0.1, 0.15) is 32.2 Å². The SMILES string of the molecule is CC(C)(C)NCc1nnc(-c2ccc3c(c2)CCO3)o1. The molecule has 2 heterocycles. The molecule has 0 fully saturated rings. The quantitative estimate of drug-likeness (QED) is 0.931. The average molecular weight is 273 g/mol. The van der Waals surface area contributed by atoms with Crippen LogP contribution >= 0.6 is 0 Å². The van der Waals surface area contributed by atoms with Gasteiger partial charge in [0.05, 0.1) is 13.2 Å². The molecule has 0 saturated carbocycles. The first kappa shape index (κ1) is 13.1. The first-order valence-corrected chi connectivity index (χ1v) is 6.85. The molecule has 2 aromatic rings. The second-order valence-corrected chi connectivity index (χ2v) is 6.03. The summed E-state index contributed by atoms with van der Waals surface area (Å²) in [4.78, 5) is 0. The van der Waals surface area contributed by atoms with Crippen LogP contribution in [-0.4, -0.2) is 22.3 Å². The van der Waals surface area contributed by atoms with E-state index in [1.54, 1.807) is 0 Å². The van der Waals surface area contributed by atoms with Crippen LogP contribution < -0.4 is 10.1 Å². The van der Waals surface area contributed by atoms with Crippen LogP contribution in [0.25, 0.3) is 11.5 Å². The van der Waals surface area contributed by atoms with Crippen LogP contribution in [0.5, 0.6) is 5.75 Å². The van der Waals surface area contributed by atoms with Gasteiger partial charge < -0.3 is 14.5 Å². The summed E-state index contributed by atoms with van der Waals surface area (Å²) in [6, 6.07) is 5.99. The van der Waals surface area contributed by atoms with E-state index >= 15 is 0 Å². The van der Waals surface area contributed by atoms with Gasteiger partial charge in [0, 0.05) is 17.5 Å². The van der Waals surface area contributed by atoms with E-state index in [1.165, 1.54) is 5.56 Å². The van der Waals surface area contributed by atoms with Crippen molar-refractivity contribution in [3.8, 4) is 17.2 Å². The minimum Gasteiger partial charge on any atom is -0.493 e. The predicted molar refractivity (Wildman–Crippen MR) is 75.5 cm³/mol. The molecule has 1 aromatic heterocycles. The lowest BCUT2D eigenvalue weighted by Gasteiger charge is -2.18. The topological polar surface area (TPSA) is 60.2 Å². The smallest absolute Gasteiger partial charge is 0.247 e. The third-order valence-electron chi connectivity index (χ3n) is 3.17. The standard InChI is InChI=1S/C15H19N3O2/c1-15(2,3)16-9-13-17-18-14(20-13)11-4-5-12-10(8-11)6-7-19-12/h4-5,8,16H,6-7,9H2,1-3H3. The van der Waals surface area contributed by atoms with Gasteiger partial charge in [-0.3, -0.25) is 0 Å². The van der Waals surface area contributed by atoms with Crippen molar-refractivity contribution < 1.29 is 9.15 Å². The Labute approximate surface area is 118 Å². The Morgan fingerprint density at radius 3 is 2.90 bits per heavy atom. The van der Waals surface area contributed by atoms with Gasteiger partial charge in [-0.2, -0.15) is 0 Å². The second-order valence-electron chi connectivity index (χ2n) is 6.03. The number of ether oxygens (including phenoxy) is 1. The number of rotatable bonds is 3. The van der Waals surface area contributed by atoms with Gasteiger partial charge in [-0.25, -0.2) is 0 Å². The van der Waals surface area contributed by atoms with Crippen molar-refractivity contribution >= 4 is 0 Å². The molecule has 0 bridgehead atoms. The lowest BCUT2D eigenvalue weighted by Crippen LogP contribution is -2.35. The molecule has 0 aliphatic carbocycles. The van der Waals surface area contributed by atoms with Gasteiger partial charge in [-0.05, 0) is 44.5 Å². The summed E-state index contributed by atoms with van der Waals surface area (Å²) < 4.78 is 11.2. The lowest BCUT2D eigenvalue weighted by molar-refractivity contribution is 0.357. The van der Waals surface area contributed by atoms with Crippen LogP contribution in [0.3, 0.4) is 0 Å². The molecule has 1 aliphatic heterocycles. The van der Waals surface area contributed by atoms with Gasteiger partial charge in [0.1, 0.15) is 5.75 Å². The highest BCUT2D eigenvalue weighted by Crippen LogP contribution is 2.29. The zero-order valence-corrected chi connectivity index (χ0v) is 12.1. The van der Waals surface area contributed by atoms with Crippen LogP contribution in [-0.2, 0) is 13.0 Å². The summed E-state index contributed by atoms with van der Waals surface area (Å²) in [6.45, 7) is 7.63. The van der Waals surface area contributed by atoms with Crippen LogP contribution in [0.15, 0.2) is 22.6 Å². The summed E-state index contributed by atoms with van der Waals surface area (Å²) in [5, 5.41) is 11.5. The van der Waals surface area contributed by atoms with Crippen molar-refractivity contribution in [3.05, 3.63) is 29.7 Å². The van der Waals surface area contributed by atoms with E-state index in [4.69, 9.17) is 9.15 Å². The Morgan fingerprint density at radius 1 is 1.25 bits per heavy atom. The molecule has 1 aromatic carbocycles. The van der Waals surface area contributed by atoms with Gasteiger partial charge >= 0.3 is 0 Å². The molecule has 5 nitrogen and oxygen atoms in total. The number of nitrogens with zero attached hydrogens (tertiary/aromatic N) is 2. The van der Waals surface area contributed by atoms with E-state index in [1.807, 2.05) is 12.1 Å². The van der Waals surface area contributed by atoms with Crippen LogP contribution in [0, 0.1) is 0 Å². The number of aromatic nitrogens is 2. The van der Waals surface area contributed by atoms with Crippen molar-refractivity contribution in [2.75, 3.05) is 6.61 Å². The summed E-state index contributed by atoms with van der Waals surface area (Å²) in [7, 11) is 0.